The minimum Gasteiger partial charge on any atom is -0.403 e. The van der Waals surface area contributed by atoms with Crippen LogP contribution in [0.2, 0.25) is 0 Å². The van der Waals surface area contributed by atoms with Gasteiger partial charge in [-0.25, -0.2) is 4.57 Å². The summed E-state index contributed by atoms with van der Waals surface area (Å²) >= 11 is 0. The predicted molar refractivity (Wildman–Crippen MR) is 107 cm³/mol. The van der Waals surface area contributed by atoms with Gasteiger partial charge in [-0.05, 0) is 28.1 Å². The van der Waals surface area contributed by atoms with Gasteiger partial charge in [-0.2, -0.15) is 0 Å². The Bertz CT molecular complexity index is 1140. The minimum atomic E-state index is -4.75. The Hall–Kier alpha value is -2.91. The molecule has 4 aromatic rings. The maximum absolute atomic E-state index is 11.7. The van der Waals surface area contributed by atoms with Crippen molar-refractivity contribution in [3.05, 3.63) is 91.0 Å². The van der Waals surface area contributed by atoms with Crippen LogP contribution in [0, 0.1) is 0 Å². The first-order chi connectivity index (χ1) is 13.0. The van der Waals surface area contributed by atoms with Crippen LogP contribution in [0.1, 0.15) is 0 Å². The van der Waals surface area contributed by atoms with Crippen molar-refractivity contribution in [3.8, 4) is 28.0 Å². The minimum absolute atomic E-state index is 0.187. The van der Waals surface area contributed by atoms with Gasteiger partial charge in [0, 0.05) is 10.9 Å². The highest BCUT2D eigenvalue weighted by atomic mass is 31.2. The normalized spacial score (nSPS) is 11.5. The van der Waals surface area contributed by atoms with Crippen LogP contribution in [0.15, 0.2) is 91.0 Å². The largest absolute Gasteiger partial charge is 0.524 e. The van der Waals surface area contributed by atoms with Crippen molar-refractivity contribution in [1.29, 1.82) is 0 Å². The van der Waals surface area contributed by atoms with Gasteiger partial charge in [0.15, 0.2) is 0 Å². The molecule has 0 heterocycles. The van der Waals surface area contributed by atoms with E-state index in [2.05, 4.69) is 0 Å². The Kier molecular flexibility index (Phi) is 4.54. The molecule has 0 saturated carbocycles. The fourth-order valence-corrected chi connectivity index (χ4v) is 3.69. The molecule has 2 N–H and O–H groups in total. The highest BCUT2D eigenvalue weighted by Crippen LogP contribution is 2.49. The van der Waals surface area contributed by atoms with Crippen LogP contribution >= 0.6 is 7.82 Å². The lowest BCUT2D eigenvalue weighted by molar-refractivity contribution is 0.285. The zero-order valence-corrected chi connectivity index (χ0v) is 15.2. The zero-order valence-electron chi connectivity index (χ0n) is 14.3. The number of hydrogen-bond donors (Lipinski definition) is 2. The van der Waals surface area contributed by atoms with E-state index in [1.165, 1.54) is 0 Å². The van der Waals surface area contributed by atoms with Gasteiger partial charge >= 0.3 is 7.82 Å². The molecule has 0 aromatic heterocycles. The van der Waals surface area contributed by atoms with Crippen molar-refractivity contribution in [2.24, 2.45) is 0 Å². The number of benzene rings is 4. The Morgan fingerprint density at radius 3 is 1.89 bits per heavy atom. The van der Waals surface area contributed by atoms with Gasteiger partial charge in [-0.15, -0.1) is 0 Å². The van der Waals surface area contributed by atoms with Crippen molar-refractivity contribution in [2.45, 2.75) is 0 Å². The third-order valence-corrected chi connectivity index (χ3v) is 4.78. The maximum Gasteiger partial charge on any atom is 0.524 e. The quantitative estimate of drug-likeness (QED) is 0.452. The second-order valence-corrected chi connectivity index (χ2v) is 7.33. The van der Waals surface area contributed by atoms with E-state index in [1.807, 2.05) is 91.0 Å². The van der Waals surface area contributed by atoms with Crippen molar-refractivity contribution < 1.29 is 18.9 Å². The second-order valence-electron chi connectivity index (χ2n) is 6.16. The molecule has 0 radical (unpaired) electrons. The number of rotatable bonds is 4. The summed E-state index contributed by atoms with van der Waals surface area (Å²) in [6, 6.07) is 28.7. The zero-order chi connectivity index (χ0) is 18.9. The molecular formula is C22H17O4P. The van der Waals surface area contributed by atoms with E-state index in [0.717, 1.165) is 22.1 Å². The summed E-state index contributed by atoms with van der Waals surface area (Å²) in [5, 5.41) is 1.50. The molecule has 0 aliphatic carbocycles. The molecule has 0 unspecified atom stereocenters. The van der Waals surface area contributed by atoms with Crippen molar-refractivity contribution >= 4 is 18.6 Å². The van der Waals surface area contributed by atoms with Gasteiger partial charge < -0.3 is 4.52 Å². The summed E-state index contributed by atoms with van der Waals surface area (Å²) in [7, 11) is -4.75. The van der Waals surface area contributed by atoms with Gasteiger partial charge in [0.2, 0.25) is 0 Å². The number of hydrogen-bond acceptors (Lipinski definition) is 2. The van der Waals surface area contributed by atoms with Crippen LogP contribution in [0.3, 0.4) is 0 Å². The molecule has 4 aromatic carbocycles. The van der Waals surface area contributed by atoms with Gasteiger partial charge in [-0.3, -0.25) is 9.79 Å². The molecule has 0 amide bonds. The Labute approximate surface area is 156 Å². The van der Waals surface area contributed by atoms with Crippen molar-refractivity contribution in [1.82, 2.24) is 0 Å². The molecular weight excluding hydrogens is 359 g/mol. The van der Waals surface area contributed by atoms with E-state index in [-0.39, 0.29) is 5.75 Å². The predicted octanol–water partition coefficient (Wildman–Crippen LogP) is 5.65. The molecule has 5 heteroatoms. The molecule has 0 saturated heterocycles. The third kappa shape index (κ3) is 3.64. The fraction of sp³-hybridized carbons (Fsp3) is 0. The highest BCUT2D eigenvalue weighted by molar-refractivity contribution is 7.46. The van der Waals surface area contributed by atoms with E-state index < -0.39 is 7.82 Å². The summed E-state index contributed by atoms with van der Waals surface area (Å²) in [4.78, 5) is 19.1. The van der Waals surface area contributed by atoms with Gasteiger partial charge in [0.25, 0.3) is 0 Å². The SMILES string of the molecule is O=P(O)(O)Oc1c(-c2ccccc2)c(-c2ccccc2)cc2ccccc12. The Morgan fingerprint density at radius 1 is 0.704 bits per heavy atom. The molecule has 27 heavy (non-hydrogen) atoms. The van der Waals surface area contributed by atoms with Gasteiger partial charge in [0.05, 0.1) is 0 Å². The smallest absolute Gasteiger partial charge is 0.403 e. The lowest BCUT2D eigenvalue weighted by atomic mass is 9.90. The topological polar surface area (TPSA) is 66.8 Å². The standard InChI is InChI=1S/C22H17O4P/c23-27(24,25)26-22-19-14-8-7-13-18(19)15-20(16-9-3-1-4-10-16)21(22)17-11-5-2-6-12-17/h1-15H,(H2,23,24,25). The fourth-order valence-electron chi connectivity index (χ4n) is 3.26. The molecule has 134 valence electrons. The molecule has 0 aliphatic heterocycles. The average molecular weight is 376 g/mol. The molecule has 0 fully saturated rings. The summed E-state index contributed by atoms with van der Waals surface area (Å²) in [5.41, 5.74) is 3.27. The van der Waals surface area contributed by atoms with Crippen LogP contribution < -0.4 is 4.52 Å². The summed E-state index contributed by atoms with van der Waals surface area (Å²) in [6.07, 6.45) is 0. The monoisotopic (exact) mass is 376 g/mol. The average Bonchev–Trinajstić information content (AvgIpc) is 2.68. The molecule has 0 bridgehead atoms. The van der Waals surface area contributed by atoms with E-state index in [9.17, 15) is 14.4 Å². The summed E-state index contributed by atoms with van der Waals surface area (Å²) < 4.78 is 17.0. The Balaban J connectivity index is 2.14. The van der Waals surface area contributed by atoms with E-state index in [1.54, 1.807) is 0 Å². The van der Waals surface area contributed by atoms with Gasteiger partial charge in [-0.1, -0.05) is 84.9 Å². The maximum atomic E-state index is 11.7. The highest BCUT2D eigenvalue weighted by Gasteiger charge is 2.24. The van der Waals surface area contributed by atoms with Crippen molar-refractivity contribution in [3.63, 3.8) is 0 Å². The van der Waals surface area contributed by atoms with Crippen molar-refractivity contribution in [2.75, 3.05) is 0 Å². The summed E-state index contributed by atoms with van der Waals surface area (Å²) in [5.74, 6) is 0.187. The Morgan fingerprint density at radius 2 is 1.26 bits per heavy atom. The van der Waals surface area contributed by atoms with Crippen LogP contribution in [0.25, 0.3) is 33.0 Å². The summed E-state index contributed by atoms with van der Waals surface area (Å²) in [6.45, 7) is 0. The van der Waals surface area contributed by atoms with Crippen LogP contribution in [0.5, 0.6) is 5.75 Å². The van der Waals surface area contributed by atoms with E-state index >= 15 is 0 Å². The number of phosphoric acid groups is 1. The van der Waals surface area contributed by atoms with E-state index in [4.69, 9.17) is 4.52 Å². The van der Waals surface area contributed by atoms with E-state index in [0.29, 0.717) is 10.9 Å². The molecule has 0 aliphatic rings. The number of phosphoric ester groups is 1. The van der Waals surface area contributed by atoms with Gasteiger partial charge in [0.1, 0.15) is 5.75 Å². The molecule has 0 spiro atoms. The molecule has 0 atom stereocenters. The lowest BCUT2D eigenvalue weighted by Crippen LogP contribution is -1.97. The van der Waals surface area contributed by atoms with Crippen LogP contribution in [-0.4, -0.2) is 9.79 Å². The van der Waals surface area contributed by atoms with Crippen LogP contribution in [0.4, 0.5) is 0 Å². The third-order valence-electron chi connectivity index (χ3n) is 4.36. The first kappa shape index (κ1) is 17.5. The first-order valence-electron chi connectivity index (χ1n) is 8.45. The second kappa shape index (κ2) is 7.01. The lowest BCUT2D eigenvalue weighted by Gasteiger charge is -2.19. The number of fused-ring (bicyclic) bond motifs is 1. The van der Waals surface area contributed by atoms with Crippen LogP contribution in [-0.2, 0) is 4.57 Å². The molecule has 4 rings (SSSR count). The molecule has 4 nitrogen and oxygen atoms in total. The first-order valence-corrected chi connectivity index (χ1v) is 9.98.